The van der Waals surface area contributed by atoms with E-state index in [0.29, 0.717) is 0 Å². The number of piperazine rings is 1. The lowest BCUT2D eigenvalue weighted by atomic mass is 9.86. The van der Waals surface area contributed by atoms with E-state index in [9.17, 15) is 0 Å². The molecule has 0 bridgehead atoms. The van der Waals surface area contributed by atoms with Gasteiger partial charge in [0.15, 0.2) is 0 Å². The van der Waals surface area contributed by atoms with Gasteiger partial charge in [-0.25, -0.2) is 0 Å². The maximum atomic E-state index is 3.39. The lowest BCUT2D eigenvalue weighted by molar-refractivity contribution is 0.585. The molecular weight excluding hydrogens is 208 g/mol. The Hall–Kier alpha value is -0.730. The van der Waals surface area contributed by atoms with Crippen LogP contribution in [0.2, 0.25) is 0 Å². The smallest absolute Gasteiger partial charge is 0.0402 e. The molecule has 1 aromatic rings. The maximum absolute atomic E-state index is 3.39. The molecule has 1 aliphatic heterocycles. The van der Waals surface area contributed by atoms with Crippen LogP contribution in [0.25, 0.3) is 0 Å². The van der Waals surface area contributed by atoms with E-state index in [4.69, 9.17) is 0 Å². The zero-order chi connectivity index (χ0) is 9.38. The third-order valence-corrected chi connectivity index (χ3v) is 3.35. The maximum Gasteiger partial charge on any atom is 0.0402 e. The van der Waals surface area contributed by atoms with Crippen molar-refractivity contribution in [2.45, 2.75) is 12.8 Å². The molecule has 0 radical (unpaired) electrons. The first-order valence-corrected chi connectivity index (χ1v) is 5.51. The van der Waals surface area contributed by atoms with E-state index >= 15 is 0 Å². The molecule has 0 spiro atoms. The molecule has 15 heavy (non-hydrogen) atoms. The van der Waals surface area contributed by atoms with Crippen molar-refractivity contribution in [1.29, 1.82) is 0 Å². The van der Waals surface area contributed by atoms with Crippen molar-refractivity contribution in [1.82, 2.24) is 5.32 Å². The Morgan fingerprint density at radius 2 is 1.87 bits per heavy atom. The highest BCUT2D eigenvalue weighted by atomic mass is 35.5. The van der Waals surface area contributed by atoms with Gasteiger partial charge >= 0.3 is 0 Å². The quantitative estimate of drug-likeness (QED) is 0.780. The minimum atomic E-state index is 0. The molecular formula is C12H17ClN2. The molecule has 1 fully saturated rings. The molecule has 2 nitrogen and oxygen atoms in total. The second-order valence-corrected chi connectivity index (χ2v) is 4.15. The van der Waals surface area contributed by atoms with E-state index < -0.39 is 0 Å². The van der Waals surface area contributed by atoms with E-state index in [-0.39, 0.29) is 12.4 Å². The van der Waals surface area contributed by atoms with Gasteiger partial charge in [0.25, 0.3) is 0 Å². The van der Waals surface area contributed by atoms with Gasteiger partial charge in [0, 0.05) is 31.9 Å². The number of rotatable bonds is 1. The van der Waals surface area contributed by atoms with Crippen molar-refractivity contribution in [3.05, 3.63) is 29.3 Å². The highest BCUT2D eigenvalue weighted by Crippen LogP contribution is 2.32. The van der Waals surface area contributed by atoms with Gasteiger partial charge in [0.1, 0.15) is 0 Å². The summed E-state index contributed by atoms with van der Waals surface area (Å²) in [4.78, 5) is 2.52. The second kappa shape index (κ2) is 4.42. The third-order valence-electron chi connectivity index (χ3n) is 3.35. The van der Waals surface area contributed by atoms with Crippen LogP contribution in [0.3, 0.4) is 0 Å². The monoisotopic (exact) mass is 224 g/mol. The highest BCUT2D eigenvalue weighted by Gasteiger charge is 2.20. The van der Waals surface area contributed by atoms with Gasteiger partial charge in [-0.2, -0.15) is 0 Å². The van der Waals surface area contributed by atoms with E-state index in [1.54, 1.807) is 11.1 Å². The first kappa shape index (κ1) is 10.8. The highest BCUT2D eigenvalue weighted by molar-refractivity contribution is 5.85. The molecule has 1 aliphatic carbocycles. The zero-order valence-corrected chi connectivity index (χ0v) is 9.65. The lowest BCUT2D eigenvalue weighted by Gasteiger charge is -2.34. The molecule has 3 heteroatoms. The summed E-state index contributed by atoms with van der Waals surface area (Å²) < 4.78 is 0. The van der Waals surface area contributed by atoms with Gasteiger partial charge in [-0.15, -0.1) is 12.4 Å². The first-order valence-electron chi connectivity index (χ1n) is 5.51. The van der Waals surface area contributed by atoms with Crippen molar-refractivity contribution in [3.8, 4) is 0 Å². The molecule has 0 atom stereocenters. The summed E-state index contributed by atoms with van der Waals surface area (Å²) in [7, 11) is 0. The normalized spacial score (nSPS) is 18.8. The number of fused-ring (bicyclic) bond motifs is 1. The summed E-state index contributed by atoms with van der Waals surface area (Å²) >= 11 is 0. The Morgan fingerprint density at radius 3 is 2.53 bits per heavy atom. The average Bonchev–Trinajstić information content (AvgIpc) is 2.21. The first-order chi connectivity index (χ1) is 6.95. The fraction of sp³-hybridized carbons (Fsp3) is 0.500. The minimum absolute atomic E-state index is 0. The van der Waals surface area contributed by atoms with E-state index in [1.807, 2.05) is 0 Å². The van der Waals surface area contributed by atoms with Crippen LogP contribution in [0.1, 0.15) is 11.1 Å². The van der Waals surface area contributed by atoms with E-state index in [1.165, 1.54) is 18.5 Å². The molecule has 0 amide bonds. The number of benzene rings is 1. The topological polar surface area (TPSA) is 15.3 Å². The number of nitrogens with zero attached hydrogens (tertiary/aromatic N) is 1. The largest absolute Gasteiger partial charge is 0.369 e. The standard InChI is InChI=1S/C12H16N2.ClH/c1-2-10-4-5-11(10)12(3-1)14-8-6-13-7-9-14;/h1-3,13H,4-9H2;1H. The van der Waals surface area contributed by atoms with Gasteiger partial charge in [-0.3, -0.25) is 0 Å². The number of nitrogens with one attached hydrogen (secondary N) is 1. The summed E-state index contributed by atoms with van der Waals surface area (Å²) in [6.45, 7) is 4.58. The fourth-order valence-corrected chi connectivity index (χ4v) is 2.43. The second-order valence-electron chi connectivity index (χ2n) is 4.15. The number of hydrogen-bond donors (Lipinski definition) is 1. The molecule has 2 aliphatic rings. The van der Waals surface area contributed by atoms with Gasteiger partial charge in [-0.05, 0) is 30.0 Å². The molecule has 0 unspecified atom stereocenters. The van der Waals surface area contributed by atoms with Gasteiger partial charge in [0.05, 0.1) is 0 Å². The molecule has 0 aromatic heterocycles. The Balaban J connectivity index is 0.000000853. The fourth-order valence-electron chi connectivity index (χ4n) is 2.43. The van der Waals surface area contributed by atoms with Gasteiger partial charge < -0.3 is 10.2 Å². The Labute approximate surface area is 97.1 Å². The van der Waals surface area contributed by atoms with E-state index in [0.717, 1.165) is 26.2 Å². The predicted octanol–water partition coefficient (Wildman–Crippen LogP) is 1.62. The van der Waals surface area contributed by atoms with Crippen LogP contribution in [0.5, 0.6) is 0 Å². The van der Waals surface area contributed by atoms with Crippen LogP contribution >= 0.6 is 12.4 Å². The molecule has 82 valence electrons. The van der Waals surface area contributed by atoms with Crippen molar-refractivity contribution >= 4 is 18.1 Å². The summed E-state index contributed by atoms with van der Waals surface area (Å²) in [5, 5.41) is 3.39. The summed E-state index contributed by atoms with van der Waals surface area (Å²) in [6, 6.07) is 6.75. The van der Waals surface area contributed by atoms with Gasteiger partial charge in [-0.1, -0.05) is 12.1 Å². The van der Waals surface area contributed by atoms with E-state index in [2.05, 4.69) is 28.4 Å². The van der Waals surface area contributed by atoms with Crippen molar-refractivity contribution in [2.24, 2.45) is 0 Å². The lowest BCUT2D eigenvalue weighted by Crippen LogP contribution is -2.44. The van der Waals surface area contributed by atoms with Crippen LogP contribution in [-0.2, 0) is 12.8 Å². The van der Waals surface area contributed by atoms with Crippen LogP contribution in [-0.4, -0.2) is 26.2 Å². The van der Waals surface area contributed by atoms with Crippen LogP contribution in [0, 0.1) is 0 Å². The average molecular weight is 225 g/mol. The van der Waals surface area contributed by atoms with Crippen LogP contribution in [0.15, 0.2) is 18.2 Å². The molecule has 1 saturated heterocycles. The molecule has 1 N–H and O–H groups in total. The number of hydrogen-bond acceptors (Lipinski definition) is 2. The number of anilines is 1. The Bertz CT molecular complexity index is 345. The SMILES string of the molecule is Cl.c1cc2c(c(N3CCNCC3)c1)CC2. The molecule has 3 rings (SSSR count). The van der Waals surface area contributed by atoms with Crippen molar-refractivity contribution < 1.29 is 0 Å². The molecule has 1 aromatic carbocycles. The minimum Gasteiger partial charge on any atom is -0.369 e. The Morgan fingerprint density at radius 1 is 1.07 bits per heavy atom. The van der Waals surface area contributed by atoms with Crippen molar-refractivity contribution in [3.63, 3.8) is 0 Å². The molecule has 0 saturated carbocycles. The Kier molecular flexibility index (Phi) is 3.17. The number of halogens is 1. The van der Waals surface area contributed by atoms with Crippen LogP contribution in [0.4, 0.5) is 5.69 Å². The molecule has 1 heterocycles. The predicted molar refractivity (Wildman–Crippen MR) is 66.2 cm³/mol. The zero-order valence-electron chi connectivity index (χ0n) is 8.83. The summed E-state index contributed by atoms with van der Waals surface area (Å²) in [6.07, 6.45) is 2.57. The summed E-state index contributed by atoms with van der Waals surface area (Å²) in [5.41, 5.74) is 4.67. The summed E-state index contributed by atoms with van der Waals surface area (Å²) in [5.74, 6) is 0. The number of aryl methyl sites for hydroxylation is 1. The third kappa shape index (κ3) is 1.84. The van der Waals surface area contributed by atoms with Crippen molar-refractivity contribution in [2.75, 3.05) is 31.1 Å². The van der Waals surface area contributed by atoms with Gasteiger partial charge in [0.2, 0.25) is 0 Å². The van der Waals surface area contributed by atoms with Crippen LogP contribution < -0.4 is 10.2 Å².